The first-order valence-corrected chi connectivity index (χ1v) is 10.0. The number of carbonyl (C=O) groups is 1. The summed E-state index contributed by atoms with van der Waals surface area (Å²) in [7, 11) is 3.08. The number of carbonyl (C=O) groups excluding carboxylic acids is 1. The van der Waals surface area contributed by atoms with Crippen LogP contribution in [-0.2, 0) is 4.84 Å². The molecule has 3 heterocycles. The number of methoxy groups -OCH3 is 2. The first kappa shape index (κ1) is 19.9. The quantitative estimate of drug-likeness (QED) is 0.619. The van der Waals surface area contributed by atoms with Gasteiger partial charge in [0.05, 0.1) is 38.5 Å². The summed E-state index contributed by atoms with van der Waals surface area (Å²) in [6.45, 7) is 2.20. The molecule has 1 aliphatic heterocycles. The van der Waals surface area contributed by atoms with E-state index in [4.69, 9.17) is 20.0 Å². The van der Waals surface area contributed by atoms with Crippen molar-refractivity contribution in [1.82, 2.24) is 20.0 Å². The molecule has 0 radical (unpaired) electrons. The number of nitrogens with one attached hydrogen (secondary N) is 1. The van der Waals surface area contributed by atoms with Crippen LogP contribution in [0.1, 0.15) is 0 Å². The first-order valence-electron chi connectivity index (χ1n) is 9.15. The van der Waals surface area contributed by atoms with E-state index in [-0.39, 0.29) is 5.95 Å². The van der Waals surface area contributed by atoms with E-state index >= 15 is 0 Å². The van der Waals surface area contributed by atoms with Crippen LogP contribution in [0.4, 0.5) is 22.2 Å². The lowest BCUT2D eigenvalue weighted by atomic mass is 10.3. The number of anilines is 3. The summed E-state index contributed by atoms with van der Waals surface area (Å²) in [6, 6.07) is 5.10. The van der Waals surface area contributed by atoms with Crippen LogP contribution >= 0.6 is 11.3 Å². The zero-order chi connectivity index (χ0) is 21.1. The Morgan fingerprint density at radius 1 is 1.17 bits per heavy atom. The van der Waals surface area contributed by atoms with E-state index < -0.39 is 6.09 Å². The third-order valence-corrected chi connectivity index (χ3v) is 5.31. The normalized spacial score (nSPS) is 14.5. The van der Waals surface area contributed by atoms with Crippen LogP contribution in [0.2, 0.25) is 0 Å². The predicted octanol–water partition coefficient (Wildman–Crippen LogP) is 1.97. The van der Waals surface area contributed by atoms with Crippen molar-refractivity contribution in [2.24, 2.45) is 0 Å². The fourth-order valence-electron chi connectivity index (χ4n) is 3.13. The number of nitrogens with zero attached hydrogens (tertiary/aromatic N) is 5. The number of ether oxygens (including phenoxy) is 2. The predicted molar refractivity (Wildman–Crippen MR) is 113 cm³/mol. The molecule has 1 fully saturated rings. The maximum absolute atomic E-state index is 12.3. The molecule has 11 nitrogen and oxygen atoms in total. The van der Waals surface area contributed by atoms with E-state index in [1.807, 2.05) is 0 Å². The summed E-state index contributed by atoms with van der Waals surface area (Å²) in [5.74, 6) is 2.02. The van der Waals surface area contributed by atoms with Crippen LogP contribution < -0.4 is 25.4 Å². The number of benzene rings is 1. The van der Waals surface area contributed by atoms with E-state index in [2.05, 4.69) is 25.2 Å². The van der Waals surface area contributed by atoms with Gasteiger partial charge < -0.3 is 24.9 Å². The Hall–Kier alpha value is -3.38. The molecule has 30 heavy (non-hydrogen) atoms. The van der Waals surface area contributed by atoms with Crippen LogP contribution in [0.5, 0.6) is 11.5 Å². The second-order valence-electron chi connectivity index (χ2n) is 6.40. The van der Waals surface area contributed by atoms with Crippen molar-refractivity contribution in [1.29, 1.82) is 0 Å². The van der Waals surface area contributed by atoms with E-state index in [1.54, 1.807) is 35.9 Å². The van der Waals surface area contributed by atoms with Crippen LogP contribution in [0, 0.1) is 0 Å². The van der Waals surface area contributed by atoms with Crippen molar-refractivity contribution in [2.75, 3.05) is 56.3 Å². The molecule has 1 aliphatic rings. The number of hydroxylamine groups is 2. The van der Waals surface area contributed by atoms with E-state index in [0.29, 0.717) is 49.2 Å². The summed E-state index contributed by atoms with van der Waals surface area (Å²) < 4.78 is 10.4. The molecule has 1 aromatic carbocycles. The van der Waals surface area contributed by atoms with E-state index in [9.17, 15) is 4.79 Å². The number of fused-ring (bicyclic) bond motifs is 1. The Bertz CT molecular complexity index is 1050. The summed E-state index contributed by atoms with van der Waals surface area (Å²) in [5.41, 5.74) is 8.76. The fraction of sp³-hybridized carbons (Fsp3) is 0.333. The molecule has 0 spiro atoms. The van der Waals surface area contributed by atoms with Crippen molar-refractivity contribution in [3.05, 3.63) is 23.7 Å². The average molecular weight is 431 g/mol. The number of hydrogen-bond acceptors (Lipinski definition) is 11. The number of nitrogen functional groups attached to an aromatic ring is 1. The van der Waals surface area contributed by atoms with Crippen LogP contribution in [0.25, 0.3) is 10.3 Å². The number of aromatic nitrogens is 3. The van der Waals surface area contributed by atoms with Gasteiger partial charge in [0.25, 0.3) is 0 Å². The second-order valence-corrected chi connectivity index (χ2v) is 7.23. The van der Waals surface area contributed by atoms with Gasteiger partial charge >= 0.3 is 6.09 Å². The number of hydrogen-bond donors (Lipinski definition) is 2. The highest BCUT2D eigenvalue weighted by molar-refractivity contribution is 7.16. The van der Waals surface area contributed by atoms with Gasteiger partial charge in [-0.3, -0.25) is 5.32 Å². The first-order chi connectivity index (χ1) is 14.6. The van der Waals surface area contributed by atoms with Gasteiger partial charge in [0.1, 0.15) is 17.0 Å². The molecule has 0 bridgehead atoms. The number of nitrogens with two attached hydrogens (primary N) is 1. The maximum atomic E-state index is 12.3. The van der Waals surface area contributed by atoms with Crippen molar-refractivity contribution >= 4 is 45.2 Å². The van der Waals surface area contributed by atoms with Gasteiger partial charge in [0.15, 0.2) is 10.6 Å². The van der Waals surface area contributed by atoms with Crippen molar-refractivity contribution in [3.8, 4) is 11.5 Å². The van der Waals surface area contributed by atoms with Crippen molar-refractivity contribution in [2.45, 2.75) is 0 Å². The molecular weight excluding hydrogens is 410 g/mol. The largest absolute Gasteiger partial charge is 0.497 e. The summed E-state index contributed by atoms with van der Waals surface area (Å²) in [5, 5.41) is 4.29. The Labute approximate surface area is 176 Å². The molecule has 12 heteroatoms. The zero-order valence-corrected chi connectivity index (χ0v) is 17.3. The molecule has 4 rings (SSSR count). The molecule has 3 aromatic rings. The van der Waals surface area contributed by atoms with Crippen molar-refractivity contribution < 1.29 is 19.1 Å². The molecule has 1 amide bonds. The molecule has 0 atom stereocenters. The Kier molecular flexibility index (Phi) is 5.68. The molecule has 1 saturated heterocycles. The molecular formula is C18H21N7O4S. The second kappa shape index (κ2) is 8.55. The Balaban J connectivity index is 1.36. The van der Waals surface area contributed by atoms with Crippen LogP contribution in [0.3, 0.4) is 0 Å². The van der Waals surface area contributed by atoms with Gasteiger partial charge in [-0.25, -0.2) is 14.8 Å². The number of piperazine rings is 1. The lowest BCUT2D eigenvalue weighted by Gasteiger charge is -2.33. The fourth-order valence-corrected chi connectivity index (χ4v) is 3.79. The van der Waals surface area contributed by atoms with Crippen LogP contribution in [0.15, 0.2) is 23.7 Å². The van der Waals surface area contributed by atoms with E-state index in [1.165, 1.54) is 18.4 Å². The third-order valence-electron chi connectivity index (χ3n) is 4.59. The monoisotopic (exact) mass is 431 g/mol. The topological polar surface area (TPSA) is 128 Å². The highest BCUT2D eigenvalue weighted by atomic mass is 32.1. The SMILES string of the molecule is COc1ccc(NC(=O)ON2CCN(c3nc(N)nc4scnc34)CC2)c(OC)c1. The number of rotatable bonds is 5. The highest BCUT2D eigenvalue weighted by Crippen LogP contribution is 2.29. The molecule has 3 N–H and O–H groups in total. The summed E-state index contributed by atoms with van der Waals surface area (Å²) >= 11 is 1.42. The van der Waals surface area contributed by atoms with Crippen molar-refractivity contribution in [3.63, 3.8) is 0 Å². The number of amides is 1. The van der Waals surface area contributed by atoms with Gasteiger partial charge in [-0.1, -0.05) is 0 Å². The minimum Gasteiger partial charge on any atom is -0.497 e. The maximum Gasteiger partial charge on any atom is 0.430 e. The minimum absolute atomic E-state index is 0.216. The van der Waals surface area contributed by atoms with Gasteiger partial charge in [0.2, 0.25) is 5.95 Å². The summed E-state index contributed by atoms with van der Waals surface area (Å²) in [6.07, 6.45) is -0.597. The molecule has 158 valence electrons. The smallest absolute Gasteiger partial charge is 0.430 e. The van der Waals surface area contributed by atoms with Gasteiger partial charge in [-0.2, -0.15) is 4.98 Å². The lowest BCUT2D eigenvalue weighted by molar-refractivity contribution is -0.0966. The standard InChI is InChI=1S/C18H21N7O4S/c1-27-11-3-4-12(13(9-11)28-2)21-18(26)29-25-7-5-24(6-8-25)15-14-16(30-10-20-14)23-17(19)22-15/h3-4,9-10H,5-8H2,1-2H3,(H,21,26)(H2,19,22,23). The third kappa shape index (κ3) is 4.14. The zero-order valence-electron chi connectivity index (χ0n) is 16.5. The van der Waals surface area contributed by atoms with Gasteiger partial charge in [-0.05, 0) is 12.1 Å². The highest BCUT2D eigenvalue weighted by Gasteiger charge is 2.24. The minimum atomic E-state index is -0.597. The molecule has 0 unspecified atom stereocenters. The van der Waals surface area contributed by atoms with Gasteiger partial charge in [-0.15, -0.1) is 16.4 Å². The molecule has 0 saturated carbocycles. The van der Waals surface area contributed by atoms with Gasteiger partial charge in [0, 0.05) is 19.2 Å². The van der Waals surface area contributed by atoms with Crippen LogP contribution in [-0.4, -0.2) is 66.5 Å². The molecule has 0 aliphatic carbocycles. The summed E-state index contributed by atoms with van der Waals surface area (Å²) in [4.78, 5) is 33.5. The Morgan fingerprint density at radius 3 is 2.70 bits per heavy atom. The lowest BCUT2D eigenvalue weighted by Crippen LogP contribution is -2.47. The number of thiazole rings is 1. The Morgan fingerprint density at radius 2 is 1.97 bits per heavy atom. The molecule has 2 aromatic heterocycles. The average Bonchev–Trinajstić information content (AvgIpc) is 3.22. The van der Waals surface area contributed by atoms with E-state index in [0.717, 1.165) is 10.3 Å².